The van der Waals surface area contributed by atoms with Crippen molar-refractivity contribution in [2.45, 2.75) is 0 Å². The minimum absolute atomic E-state index is 0.0496. The van der Waals surface area contributed by atoms with E-state index in [0.717, 1.165) is 0 Å². The third-order valence-electron chi connectivity index (χ3n) is 1.03. The molecule has 0 aliphatic rings. The van der Waals surface area contributed by atoms with Crippen LogP contribution >= 0.6 is 0 Å². The van der Waals surface area contributed by atoms with Gasteiger partial charge in [0.25, 0.3) is 5.91 Å². The van der Waals surface area contributed by atoms with Crippen LogP contribution in [0.25, 0.3) is 0 Å². The van der Waals surface area contributed by atoms with Gasteiger partial charge in [-0.25, -0.2) is 4.99 Å². The molecule has 12 heavy (non-hydrogen) atoms. The third kappa shape index (κ3) is 3.40. The van der Waals surface area contributed by atoms with Crippen molar-refractivity contribution in [3.63, 3.8) is 0 Å². The minimum Gasteiger partial charge on any atom is -0.494 e. The lowest BCUT2D eigenvalue weighted by molar-refractivity contribution is -0.114. The van der Waals surface area contributed by atoms with Crippen molar-refractivity contribution in [3.8, 4) is 0 Å². The van der Waals surface area contributed by atoms with Crippen LogP contribution < -0.4 is 11.5 Å². The topological polar surface area (TPSA) is 90.7 Å². The Labute approximate surface area is 70.4 Å². The summed E-state index contributed by atoms with van der Waals surface area (Å²) in [4.78, 5) is 14.0. The maximum absolute atomic E-state index is 10.4. The van der Waals surface area contributed by atoms with Gasteiger partial charge in [0.1, 0.15) is 5.70 Å². The average Bonchev–Trinajstić information content (AvgIpc) is 2.05. The van der Waals surface area contributed by atoms with Gasteiger partial charge in [-0.05, 0) is 0 Å². The van der Waals surface area contributed by atoms with Crippen LogP contribution in [0.15, 0.2) is 29.2 Å². The van der Waals surface area contributed by atoms with Crippen molar-refractivity contribution in [2.75, 3.05) is 7.11 Å². The normalized spacial score (nSPS) is 11.6. The summed E-state index contributed by atoms with van der Waals surface area (Å²) in [5.41, 5.74) is 9.93. The van der Waals surface area contributed by atoms with Crippen molar-refractivity contribution < 1.29 is 9.53 Å². The molecule has 0 saturated carbocycles. The van der Waals surface area contributed by atoms with E-state index in [4.69, 9.17) is 16.2 Å². The Hall–Kier alpha value is -1.78. The van der Waals surface area contributed by atoms with Crippen LogP contribution in [0, 0.1) is 0 Å². The number of hydrogen-bond donors (Lipinski definition) is 2. The van der Waals surface area contributed by atoms with Crippen molar-refractivity contribution in [1.29, 1.82) is 0 Å². The second-order valence-corrected chi connectivity index (χ2v) is 1.84. The Balaban J connectivity index is 4.24. The number of primary amides is 1. The predicted octanol–water partition coefficient (Wildman–Crippen LogP) is -0.497. The lowest BCUT2D eigenvalue weighted by Crippen LogP contribution is -2.11. The molecule has 0 aliphatic carbocycles. The van der Waals surface area contributed by atoms with Crippen LogP contribution in [-0.4, -0.2) is 19.2 Å². The number of methoxy groups -OCH3 is 1. The number of aliphatic imine (C=N–C) groups is 1. The summed E-state index contributed by atoms with van der Waals surface area (Å²) in [6, 6.07) is 0. The summed E-state index contributed by atoms with van der Waals surface area (Å²) >= 11 is 0. The summed E-state index contributed by atoms with van der Waals surface area (Å²) in [5, 5.41) is 0. The molecule has 66 valence electrons. The molecule has 0 rings (SSSR count). The highest BCUT2D eigenvalue weighted by atomic mass is 16.5. The molecule has 0 atom stereocenters. The van der Waals surface area contributed by atoms with Crippen LogP contribution in [-0.2, 0) is 9.53 Å². The molecular weight excluding hydrogens is 158 g/mol. The molecule has 0 unspecified atom stereocenters. The van der Waals surface area contributed by atoms with Crippen molar-refractivity contribution in [1.82, 2.24) is 0 Å². The van der Waals surface area contributed by atoms with Gasteiger partial charge in [-0.1, -0.05) is 6.58 Å². The number of amides is 1. The quantitative estimate of drug-likeness (QED) is 0.338. The van der Waals surface area contributed by atoms with Gasteiger partial charge < -0.3 is 16.2 Å². The Morgan fingerprint density at radius 3 is 2.58 bits per heavy atom. The van der Waals surface area contributed by atoms with Crippen LogP contribution in [0.3, 0.4) is 0 Å². The van der Waals surface area contributed by atoms with E-state index >= 15 is 0 Å². The van der Waals surface area contributed by atoms with Gasteiger partial charge in [-0.3, -0.25) is 4.79 Å². The van der Waals surface area contributed by atoms with E-state index in [9.17, 15) is 4.79 Å². The minimum atomic E-state index is -0.682. The molecule has 0 aromatic carbocycles. The Morgan fingerprint density at radius 2 is 2.25 bits per heavy atom. The number of carbonyl (C=O) groups is 1. The van der Waals surface area contributed by atoms with E-state index in [1.54, 1.807) is 0 Å². The van der Waals surface area contributed by atoms with Gasteiger partial charge in [0, 0.05) is 6.20 Å². The molecule has 0 aliphatic heterocycles. The highest BCUT2D eigenvalue weighted by molar-refractivity contribution is 5.93. The monoisotopic (exact) mass is 169 g/mol. The molecule has 4 N–H and O–H groups in total. The summed E-state index contributed by atoms with van der Waals surface area (Å²) < 4.78 is 4.72. The lowest BCUT2D eigenvalue weighted by Gasteiger charge is -1.96. The van der Waals surface area contributed by atoms with Gasteiger partial charge in [0.2, 0.25) is 0 Å². The molecule has 0 bridgehead atoms. The fourth-order valence-corrected chi connectivity index (χ4v) is 0.369. The highest BCUT2D eigenvalue weighted by Gasteiger charge is 1.96. The first-order valence-corrected chi connectivity index (χ1v) is 3.10. The van der Waals surface area contributed by atoms with Crippen LogP contribution in [0.4, 0.5) is 0 Å². The molecule has 0 aromatic heterocycles. The van der Waals surface area contributed by atoms with Gasteiger partial charge in [0.15, 0.2) is 5.76 Å². The van der Waals surface area contributed by atoms with Crippen molar-refractivity contribution in [3.05, 3.63) is 24.2 Å². The second kappa shape index (κ2) is 4.95. The SMILES string of the molecule is C=C(/N=C\C(=C/N)OC)C(N)=O. The zero-order valence-electron chi connectivity index (χ0n) is 6.78. The number of nitrogens with two attached hydrogens (primary N) is 2. The summed E-state index contributed by atoms with van der Waals surface area (Å²) in [6.45, 7) is 3.30. The molecule has 5 nitrogen and oxygen atoms in total. The van der Waals surface area contributed by atoms with Crippen molar-refractivity contribution >= 4 is 12.1 Å². The highest BCUT2D eigenvalue weighted by Crippen LogP contribution is 1.93. The molecule has 0 saturated heterocycles. The molecule has 5 heteroatoms. The predicted molar refractivity (Wildman–Crippen MR) is 46.1 cm³/mol. The van der Waals surface area contributed by atoms with Crippen LogP contribution in [0.5, 0.6) is 0 Å². The Bertz CT molecular complexity index is 239. The van der Waals surface area contributed by atoms with Gasteiger partial charge in [0.05, 0.1) is 13.3 Å². The average molecular weight is 169 g/mol. The van der Waals surface area contributed by atoms with Gasteiger partial charge in [-0.15, -0.1) is 0 Å². The van der Waals surface area contributed by atoms with Gasteiger partial charge in [-0.2, -0.15) is 0 Å². The van der Waals surface area contributed by atoms with Crippen LogP contribution in [0.2, 0.25) is 0 Å². The smallest absolute Gasteiger partial charge is 0.266 e. The second-order valence-electron chi connectivity index (χ2n) is 1.84. The number of carbonyl (C=O) groups excluding carboxylic acids is 1. The van der Waals surface area contributed by atoms with Crippen LogP contribution in [0.1, 0.15) is 0 Å². The summed E-state index contributed by atoms with van der Waals surface area (Å²) in [7, 11) is 1.43. The number of ether oxygens (including phenoxy) is 1. The van der Waals surface area contributed by atoms with E-state index in [1.165, 1.54) is 19.5 Å². The maximum Gasteiger partial charge on any atom is 0.266 e. The standard InChI is InChI=1S/C7H11N3O2/c1-5(7(9)11)10-4-6(3-8)12-2/h3-4H,1,8H2,2H3,(H2,9,11)/b6-3+,10-4-. The van der Waals surface area contributed by atoms with E-state index in [-0.39, 0.29) is 5.70 Å². The molecule has 0 radical (unpaired) electrons. The van der Waals surface area contributed by atoms with E-state index < -0.39 is 5.91 Å². The summed E-state index contributed by atoms with van der Waals surface area (Å²) in [5.74, 6) is -0.351. The first-order valence-electron chi connectivity index (χ1n) is 3.10. The Kier molecular flexibility index (Phi) is 4.21. The molecular formula is C7H11N3O2. The zero-order chi connectivity index (χ0) is 9.56. The first kappa shape index (κ1) is 10.2. The molecule has 0 fully saturated rings. The van der Waals surface area contributed by atoms with E-state index in [0.29, 0.717) is 5.76 Å². The van der Waals surface area contributed by atoms with Crippen molar-refractivity contribution in [2.24, 2.45) is 16.5 Å². The van der Waals surface area contributed by atoms with E-state index in [1.807, 2.05) is 0 Å². The molecule has 0 aromatic rings. The number of allylic oxidation sites excluding steroid dienone is 1. The molecule has 0 heterocycles. The number of hydrogen-bond acceptors (Lipinski definition) is 4. The fourth-order valence-electron chi connectivity index (χ4n) is 0.369. The largest absolute Gasteiger partial charge is 0.494 e. The summed E-state index contributed by atoms with van der Waals surface area (Å²) in [6.07, 6.45) is 2.46. The van der Waals surface area contributed by atoms with Gasteiger partial charge >= 0.3 is 0 Å². The number of rotatable bonds is 4. The maximum atomic E-state index is 10.4. The lowest BCUT2D eigenvalue weighted by atomic mass is 10.5. The number of nitrogens with zero attached hydrogens (tertiary/aromatic N) is 1. The molecule has 0 spiro atoms. The first-order chi connectivity index (χ1) is 5.61. The van der Waals surface area contributed by atoms with E-state index in [2.05, 4.69) is 11.6 Å². The Morgan fingerprint density at radius 1 is 1.67 bits per heavy atom. The fraction of sp³-hybridized carbons (Fsp3) is 0.143. The third-order valence-corrected chi connectivity index (χ3v) is 1.03. The molecule has 1 amide bonds. The zero-order valence-corrected chi connectivity index (χ0v) is 6.78.